The summed E-state index contributed by atoms with van der Waals surface area (Å²) in [6.07, 6.45) is 5.93. The molecule has 1 aliphatic heterocycles. The number of benzene rings is 1. The fraction of sp³-hybridized carbons (Fsp3) is 0.650. The van der Waals surface area contributed by atoms with Crippen molar-refractivity contribution in [1.82, 2.24) is 10.6 Å². The maximum Gasteiger partial charge on any atom is 0.223 e. The topological polar surface area (TPSA) is 50.4 Å². The maximum atomic E-state index is 12.5. The van der Waals surface area contributed by atoms with Crippen molar-refractivity contribution < 1.29 is 9.53 Å². The number of nitrogens with one attached hydrogen (secondary N) is 2. The molecule has 3 aliphatic rings. The van der Waals surface area contributed by atoms with E-state index in [-0.39, 0.29) is 24.2 Å². The summed E-state index contributed by atoms with van der Waals surface area (Å²) >= 11 is 0. The minimum Gasteiger partial charge on any atom is -0.493 e. The second-order valence-electron chi connectivity index (χ2n) is 7.95. The Hall–Kier alpha value is -1.26. The molecule has 1 spiro atoms. The number of aryl methyl sites for hydroxylation is 1. The summed E-state index contributed by atoms with van der Waals surface area (Å²) in [5, 5.41) is 6.55. The Morgan fingerprint density at radius 2 is 2.08 bits per heavy atom. The van der Waals surface area contributed by atoms with Crippen molar-refractivity contribution in [2.24, 2.45) is 17.3 Å². The van der Waals surface area contributed by atoms with Crippen molar-refractivity contribution >= 4 is 18.3 Å². The molecule has 1 amide bonds. The predicted molar refractivity (Wildman–Crippen MR) is 101 cm³/mol. The van der Waals surface area contributed by atoms with Gasteiger partial charge in [0, 0.05) is 18.0 Å². The van der Waals surface area contributed by atoms with Gasteiger partial charge in [-0.05, 0) is 75.1 Å². The summed E-state index contributed by atoms with van der Waals surface area (Å²) in [6, 6.07) is 6.28. The molecule has 0 radical (unpaired) electrons. The molecule has 2 N–H and O–H groups in total. The molecule has 1 aromatic rings. The van der Waals surface area contributed by atoms with E-state index in [2.05, 4.69) is 35.8 Å². The molecule has 1 unspecified atom stereocenters. The molecule has 2 aliphatic carbocycles. The number of piperidine rings is 1. The van der Waals surface area contributed by atoms with Crippen LogP contribution in [-0.2, 0) is 11.3 Å². The van der Waals surface area contributed by atoms with E-state index in [1.807, 2.05) is 0 Å². The predicted octanol–water partition coefficient (Wildman–Crippen LogP) is 3.21. The van der Waals surface area contributed by atoms with Gasteiger partial charge in [0.25, 0.3) is 0 Å². The monoisotopic (exact) mass is 364 g/mol. The first-order valence-corrected chi connectivity index (χ1v) is 9.37. The number of rotatable bonds is 6. The molecule has 1 saturated heterocycles. The lowest BCUT2D eigenvalue weighted by atomic mass is 9.92. The van der Waals surface area contributed by atoms with Crippen molar-refractivity contribution in [2.75, 3.05) is 19.7 Å². The van der Waals surface area contributed by atoms with E-state index in [1.165, 1.54) is 18.4 Å². The van der Waals surface area contributed by atoms with Gasteiger partial charge < -0.3 is 15.4 Å². The van der Waals surface area contributed by atoms with Gasteiger partial charge in [-0.15, -0.1) is 12.4 Å². The average molecular weight is 365 g/mol. The van der Waals surface area contributed by atoms with Crippen LogP contribution < -0.4 is 15.4 Å². The van der Waals surface area contributed by atoms with Gasteiger partial charge in [-0.25, -0.2) is 0 Å². The Morgan fingerprint density at radius 3 is 2.80 bits per heavy atom. The standard InChI is InChI=1S/C20H28N2O2.ClH/c1-14-2-5-16(18(10-14)24-13-15-3-4-15)12-22-19(23)17-11-20(17)6-8-21-9-7-20;/h2,5,10,15,17,21H,3-4,6-9,11-13H2,1H3,(H,22,23);1H. The fourth-order valence-corrected chi connectivity index (χ4v) is 3.94. The Kier molecular flexibility index (Phi) is 5.59. The molecule has 0 bridgehead atoms. The second-order valence-corrected chi connectivity index (χ2v) is 7.95. The zero-order chi connectivity index (χ0) is 16.6. The molecule has 4 rings (SSSR count). The molecule has 25 heavy (non-hydrogen) atoms. The number of halogens is 1. The molecule has 1 atom stereocenters. The first-order valence-electron chi connectivity index (χ1n) is 9.37. The molecular formula is C20H29ClN2O2. The van der Waals surface area contributed by atoms with Crippen LogP contribution in [0.3, 0.4) is 0 Å². The highest BCUT2D eigenvalue weighted by atomic mass is 35.5. The smallest absolute Gasteiger partial charge is 0.223 e. The Bertz CT molecular complexity index is 624. The molecule has 138 valence electrons. The highest BCUT2D eigenvalue weighted by molar-refractivity contribution is 5.85. The largest absolute Gasteiger partial charge is 0.493 e. The zero-order valence-electron chi connectivity index (χ0n) is 15.0. The van der Waals surface area contributed by atoms with E-state index >= 15 is 0 Å². The lowest BCUT2D eigenvalue weighted by Gasteiger charge is -2.23. The third kappa shape index (κ3) is 4.29. The molecular weight excluding hydrogens is 336 g/mol. The summed E-state index contributed by atoms with van der Waals surface area (Å²) < 4.78 is 6.00. The van der Waals surface area contributed by atoms with Crippen LogP contribution in [0.25, 0.3) is 0 Å². The summed E-state index contributed by atoms with van der Waals surface area (Å²) in [4.78, 5) is 12.5. The quantitative estimate of drug-likeness (QED) is 0.814. The maximum absolute atomic E-state index is 12.5. The van der Waals surface area contributed by atoms with Gasteiger partial charge in [0.1, 0.15) is 5.75 Å². The van der Waals surface area contributed by atoms with Gasteiger partial charge in [0.2, 0.25) is 5.91 Å². The Morgan fingerprint density at radius 1 is 1.32 bits per heavy atom. The summed E-state index contributed by atoms with van der Waals surface area (Å²) in [5.41, 5.74) is 2.59. The number of carbonyl (C=O) groups excluding carboxylic acids is 1. The van der Waals surface area contributed by atoms with E-state index < -0.39 is 0 Å². The van der Waals surface area contributed by atoms with Crippen LogP contribution in [0, 0.1) is 24.2 Å². The third-order valence-electron chi connectivity index (χ3n) is 5.95. The molecule has 1 heterocycles. The number of amides is 1. The minimum atomic E-state index is 0. The first-order chi connectivity index (χ1) is 11.7. The fourth-order valence-electron chi connectivity index (χ4n) is 3.94. The van der Waals surface area contributed by atoms with Crippen molar-refractivity contribution in [1.29, 1.82) is 0 Å². The first kappa shape index (κ1) is 18.5. The Labute approximate surface area is 156 Å². The van der Waals surface area contributed by atoms with E-state index in [1.54, 1.807) is 0 Å². The lowest BCUT2D eigenvalue weighted by Crippen LogP contribution is -2.33. The van der Waals surface area contributed by atoms with Crippen LogP contribution in [0.5, 0.6) is 5.75 Å². The highest BCUT2D eigenvalue weighted by Crippen LogP contribution is 2.58. The van der Waals surface area contributed by atoms with Gasteiger partial charge in [0.15, 0.2) is 0 Å². The van der Waals surface area contributed by atoms with Crippen LogP contribution >= 0.6 is 12.4 Å². The number of carbonyl (C=O) groups is 1. The minimum absolute atomic E-state index is 0. The second kappa shape index (κ2) is 7.55. The SMILES string of the molecule is Cc1ccc(CNC(=O)C2CC23CCNCC3)c(OCC2CC2)c1.Cl. The van der Waals surface area contributed by atoms with Crippen LogP contribution in [0.4, 0.5) is 0 Å². The number of ether oxygens (including phenoxy) is 1. The molecule has 1 aromatic carbocycles. The average Bonchev–Trinajstić information content (AvgIpc) is 3.50. The van der Waals surface area contributed by atoms with Crippen LogP contribution in [0.15, 0.2) is 18.2 Å². The molecule has 3 fully saturated rings. The normalized spacial score (nSPS) is 23.6. The molecule has 0 aromatic heterocycles. The van der Waals surface area contributed by atoms with Crippen molar-refractivity contribution in [3.63, 3.8) is 0 Å². The van der Waals surface area contributed by atoms with E-state index in [9.17, 15) is 4.79 Å². The van der Waals surface area contributed by atoms with E-state index in [0.29, 0.717) is 12.0 Å². The Balaban J connectivity index is 0.00000182. The molecule has 2 saturated carbocycles. The summed E-state index contributed by atoms with van der Waals surface area (Å²) in [7, 11) is 0. The molecule has 4 nitrogen and oxygen atoms in total. The van der Waals surface area contributed by atoms with Gasteiger partial charge in [-0.1, -0.05) is 12.1 Å². The van der Waals surface area contributed by atoms with Crippen LogP contribution in [0.1, 0.15) is 43.2 Å². The van der Waals surface area contributed by atoms with E-state index in [4.69, 9.17) is 4.74 Å². The zero-order valence-corrected chi connectivity index (χ0v) is 15.8. The van der Waals surface area contributed by atoms with Gasteiger partial charge in [-0.3, -0.25) is 4.79 Å². The van der Waals surface area contributed by atoms with E-state index in [0.717, 1.165) is 56.2 Å². The van der Waals surface area contributed by atoms with Crippen molar-refractivity contribution in [3.8, 4) is 5.75 Å². The number of hydrogen-bond acceptors (Lipinski definition) is 3. The summed E-state index contributed by atoms with van der Waals surface area (Å²) in [6.45, 7) is 5.58. The van der Waals surface area contributed by atoms with Crippen molar-refractivity contribution in [3.05, 3.63) is 29.3 Å². The van der Waals surface area contributed by atoms with Crippen molar-refractivity contribution in [2.45, 2.75) is 45.6 Å². The lowest BCUT2D eigenvalue weighted by molar-refractivity contribution is -0.123. The van der Waals surface area contributed by atoms with Gasteiger partial charge in [0.05, 0.1) is 6.61 Å². The van der Waals surface area contributed by atoms with Crippen LogP contribution in [-0.4, -0.2) is 25.6 Å². The van der Waals surface area contributed by atoms with Gasteiger partial charge in [-0.2, -0.15) is 0 Å². The third-order valence-corrected chi connectivity index (χ3v) is 5.95. The van der Waals surface area contributed by atoms with Gasteiger partial charge >= 0.3 is 0 Å². The number of hydrogen-bond donors (Lipinski definition) is 2. The highest BCUT2D eigenvalue weighted by Gasteiger charge is 2.57. The van der Waals surface area contributed by atoms with Crippen LogP contribution in [0.2, 0.25) is 0 Å². The summed E-state index contributed by atoms with van der Waals surface area (Å²) in [5.74, 6) is 2.13. The molecule has 5 heteroatoms.